The summed E-state index contributed by atoms with van der Waals surface area (Å²) in [5.41, 5.74) is -1.18. The van der Waals surface area contributed by atoms with E-state index in [1.165, 1.54) is 20.0 Å². The predicted molar refractivity (Wildman–Crippen MR) is 113 cm³/mol. The number of aryl methyl sites for hydroxylation is 1. The van der Waals surface area contributed by atoms with Gasteiger partial charge in [0.25, 0.3) is 11.8 Å². The van der Waals surface area contributed by atoms with Gasteiger partial charge in [0.05, 0.1) is 30.8 Å². The highest BCUT2D eigenvalue weighted by Gasteiger charge is 2.46. The average molecular weight is 514 g/mol. The summed E-state index contributed by atoms with van der Waals surface area (Å²) in [6, 6.07) is 2.41. The molecule has 9 nitrogen and oxygen atoms in total. The minimum atomic E-state index is -4.62. The molecule has 0 spiro atoms. The molecule has 3 heterocycles. The lowest BCUT2D eigenvalue weighted by Crippen LogP contribution is -2.57. The van der Waals surface area contributed by atoms with Crippen LogP contribution >= 0.6 is 0 Å². The standard InChI is InChI=1S/C21H20F6N8O/c1-11-6-20(23,24)10-35(16(11)9-30-19-28-7-12(8-29-19)21(25,26)27)18(36)15-5-13(22)3-4-14(15)17-31-33-34(2)32-17/h3-5,7-8,11,16H,6,9-10H2,1-2H3,(H,28,29,30)/t11-,16-/m1/s1. The lowest BCUT2D eigenvalue weighted by atomic mass is 9.87. The number of tetrazole rings is 1. The van der Waals surface area contributed by atoms with Gasteiger partial charge in [-0.2, -0.15) is 18.0 Å². The number of nitrogens with one attached hydrogen (secondary N) is 1. The molecule has 1 aliphatic rings. The predicted octanol–water partition coefficient (Wildman–Crippen LogP) is 3.42. The zero-order valence-electron chi connectivity index (χ0n) is 19.0. The number of piperidine rings is 1. The number of alkyl halides is 5. The zero-order chi connectivity index (χ0) is 26.3. The van der Waals surface area contributed by atoms with Gasteiger partial charge in [0, 0.05) is 30.9 Å². The number of hydrogen-bond acceptors (Lipinski definition) is 7. The van der Waals surface area contributed by atoms with E-state index in [1.54, 1.807) is 0 Å². The first-order valence-corrected chi connectivity index (χ1v) is 10.7. The van der Waals surface area contributed by atoms with Crippen molar-refractivity contribution >= 4 is 11.9 Å². The molecule has 0 bridgehead atoms. The molecule has 36 heavy (non-hydrogen) atoms. The minimum Gasteiger partial charge on any atom is -0.352 e. The highest BCUT2D eigenvalue weighted by molar-refractivity contribution is 6.00. The Labute approximate surface area is 200 Å². The summed E-state index contributed by atoms with van der Waals surface area (Å²) >= 11 is 0. The van der Waals surface area contributed by atoms with Crippen molar-refractivity contribution in [2.24, 2.45) is 13.0 Å². The van der Waals surface area contributed by atoms with Crippen LogP contribution in [0.5, 0.6) is 0 Å². The van der Waals surface area contributed by atoms with E-state index in [0.717, 1.165) is 21.8 Å². The van der Waals surface area contributed by atoms with Crippen LogP contribution in [0.3, 0.4) is 0 Å². The molecule has 0 aliphatic carbocycles. The maximum atomic E-state index is 14.5. The number of likely N-dealkylation sites (tertiary alicyclic amines) is 1. The van der Waals surface area contributed by atoms with Crippen molar-refractivity contribution in [2.75, 3.05) is 18.4 Å². The van der Waals surface area contributed by atoms with Crippen LogP contribution in [-0.2, 0) is 13.2 Å². The van der Waals surface area contributed by atoms with Crippen molar-refractivity contribution in [3.63, 3.8) is 0 Å². The van der Waals surface area contributed by atoms with Gasteiger partial charge in [0.1, 0.15) is 5.82 Å². The van der Waals surface area contributed by atoms with Crippen LogP contribution < -0.4 is 5.32 Å². The maximum absolute atomic E-state index is 14.5. The number of rotatable bonds is 5. The van der Waals surface area contributed by atoms with Gasteiger partial charge < -0.3 is 10.2 Å². The number of nitrogens with zero attached hydrogens (tertiary/aromatic N) is 7. The fourth-order valence-corrected chi connectivity index (χ4v) is 4.08. The first-order chi connectivity index (χ1) is 16.8. The van der Waals surface area contributed by atoms with Gasteiger partial charge in [-0.3, -0.25) is 4.79 Å². The second-order valence-corrected chi connectivity index (χ2v) is 8.50. The molecule has 3 aromatic rings. The third kappa shape index (κ3) is 5.39. The first kappa shape index (κ1) is 25.3. The summed E-state index contributed by atoms with van der Waals surface area (Å²) in [6.07, 6.45) is -3.97. The Kier molecular flexibility index (Phi) is 6.58. The number of aromatic nitrogens is 6. The van der Waals surface area contributed by atoms with Gasteiger partial charge in [-0.15, -0.1) is 10.2 Å². The molecule has 192 valence electrons. The van der Waals surface area contributed by atoms with Crippen molar-refractivity contribution in [3.8, 4) is 11.4 Å². The number of benzene rings is 1. The van der Waals surface area contributed by atoms with E-state index < -0.39 is 54.3 Å². The fraction of sp³-hybridized carbons (Fsp3) is 0.429. The molecule has 2 atom stereocenters. The Hall–Kier alpha value is -3.78. The van der Waals surface area contributed by atoms with Gasteiger partial charge in [0.2, 0.25) is 11.8 Å². The molecule has 1 N–H and O–H groups in total. The molecule has 0 saturated carbocycles. The summed E-state index contributed by atoms with van der Waals surface area (Å²) < 4.78 is 81.4. The van der Waals surface area contributed by atoms with E-state index >= 15 is 0 Å². The summed E-state index contributed by atoms with van der Waals surface area (Å²) in [6.45, 7) is 0.437. The highest BCUT2D eigenvalue weighted by Crippen LogP contribution is 2.36. The van der Waals surface area contributed by atoms with Crippen LogP contribution in [0.25, 0.3) is 11.4 Å². The van der Waals surface area contributed by atoms with E-state index in [0.29, 0.717) is 12.4 Å². The Morgan fingerprint density at radius 2 is 1.92 bits per heavy atom. The summed E-state index contributed by atoms with van der Waals surface area (Å²) in [5.74, 6) is -5.76. The number of halogens is 6. The molecule has 1 saturated heterocycles. The van der Waals surface area contributed by atoms with Gasteiger partial charge in [-0.05, 0) is 29.3 Å². The van der Waals surface area contributed by atoms with Crippen LogP contribution in [-0.4, -0.2) is 66.0 Å². The van der Waals surface area contributed by atoms with Crippen molar-refractivity contribution in [2.45, 2.75) is 31.5 Å². The smallest absolute Gasteiger partial charge is 0.352 e. The molecular formula is C21H20F6N8O. The van der Waals surface area contributed by atoms with Gasteiger partial charge in [0.15, 0.2) is 0 Å². The largest absolute Gasteiger partial charge is 0.419 e. The SMILES string of the molecule is C[C@@H]1CC(F)(F)CN(C(=O)c2cc(F)ccc2-c2nnn(C)n2)[C@@H]1CNc1ncc(C(F)(F)F)cn1. The molecule has 15 heteroatoms. The fourth-order valence-electron chi connectivity index (χ4n) is 4.08. The van der Waals surface area contributed by atoms with Gasteiger partial charge in [-0.1, -0.05) is 6.92 Å². The minimum absolute atomic E-state index is 0.00509. The van der Waals surface area contributed by atoms with E-state index in [9.17, 15) is 31.1 Å². The van der Waals surface area contributed by atoms with Crippen molar-refractivity contribution in [3.05, 3.63) is 47.5 Å². The molecule has 0 unspecified atom stereocenters. The molecule has 1 fully saturated rings. The molecular weight excluding hydrogens is 494 g/mol. The summed E-state index contributed by atoms with van der Waals surface area (Å²) in [5, 5.41) is 14.2. The van der Waals surface area contributed by atoms with Crippen LogP contribution in [0.4, 0.5) is 32.3 Å². The Morgan fingerprint density at radius 1 is 1.22 bits per heavy atom. The van der Waals surface area contributed by atoms with E-state index in [1.807, 2.05) is 0 Å². The summed E-state index contributed by atoms with van der Waals surface area (Å²) in [7, 11) is 1.49. The lowest BCUT2D eigenvalue weighted by molar-refractivity contribution is -0.138. The molecule has 1 aromatic carbocycles. The third-order valence-corrected chi connectivity index (χ3v) is 5.75. The molecule has 0 radical (unpaired) electrons. The number of amides is 1. The lowest BCUT2D eigenvalue weighted by Gasteiger charge is -2.43. The second-order valence-electron chi connectivity index (χ2n) is 8.50. The Morgan fingerprint density at radius 3 is 2.53 bits per heavy atom. The van der Waals surface area contributed by atoms with Gasteiger partial charge in [-0.25, -0.2) is 23.1 Å². The van der Waals surface area contributed by atoms with Crippen molar-refractivity contribution in [1.82, 2.24) is 35.1 Å². The number of hydrogen-bond donors (Lipinski definition) is 1. The summed E-state index contributed by atoms with van der Waals surface area (Å²) in [4.78, 5) is 22.8. The van der Waals surface area contributed by atoms with Crippen LogP contribution in [0.1, 0.15) is 29.3 Å². The highest BCUT2D eigenvalue weighted by atomic mass is 19.4. The van der Waals surface area contributed by atoms with Gasteiger partial charge >= 0.3 is 6.18 Å². The quantitative estimate of drug-likeness (QED) is 0.521. The first-order valence-electron chi connectivity index (χ1n) is 10.7. The Balaban J connectivity index is 1.63. The average Bonchev–Trinajstić information content (AvgIpc) is 3.22. The molecule has 1 amide bonds. The second kappa shape index (κ2) is 9.35. The molecule has 1 aliphatic heterocycles. The maximum Gasteiger partial charge on any atom is 0.419 e. The topological polar surface area (TPSA) is 102 Å². The Bertz CT molecular complexity index is 1250. The van der Waals surface area contributed by atoms with Crippen molar-refractivity contribution < 1.29 is 31.1 Å². The normalized spacial score (nSPS) is 19.8. The number of carbonyl (C=O) groups excluding carboxylic acids is 1. The van der Waals surface area contributed by atoms with Crippen molar-refractivity contribution in [1.29, 1.82) is 0 Å². The monoisotopic (exact) mass is 514 g/mol. The van der Waals surface area contributed by atoms with Crippen LogP contribution in [0.15, 0.2) is 30.6 Å². The van der Waals surface area contributed by atoms with Crippen LogP contribution in [0.2, 0.25) is 0 Å². The zero-order valence-corrected chi connectivity index (χ0v) is 19.0. The molecule has 2 aromatic heterocycles. The number of carbonyl (C=O) groups is 1. The van der Waals surface area contributed by atoms with E-state index in [4.69, 9.17) is 0 Å². The van der Waals surface area contributed by atoms with Crippen LogP contribution in [0, 0.1) is 11.7 Å². The molecule has 4 rings (SSSR count). The van der Waals surface area contributed by atoms with E-state index in [2.05, 4.69) is 30.7 Å². The number of anilines is 1. The third-order valence-electron chi connectivity index (χ3n) is 5.75. The van der Waals surface area contributed by atoms with E-state index in [-0.39, 0.29) is 29.4 Å².